The summed E-state index contributed by atoms with van der Waals surface area (Å²) in [6.07, 6.45) is -5.68. The highest BCUT2D eigenvalue weighted by Crippen LogP contribution is 2.37. The molecule has 26 heavy (non-hydrogen) atoms. The summed E-state index contributed by atoms with van der Waals surface area (Å²) in [6, 6.07) is 11.8. The largest absolute Gasteiger partial charge is 0.490 e. The Labute approximate surface area is 152 Å². The molecular formula is C18H16F3NO3S. The molecule has 8 heteroatoms. The SMILES string of the molecule is O=C1CCC(C(OC(=O)C(F)(F)F)c2cccs2)N1Cc1ccccc1. The summed E-state index contributed by atoms with van der Waals surface area (Å²) >= 11 is 1.20. The Morgan fingerprint density at radius 2 is 1.96 bits per heavy atom. The number of benzene rings is 1. The van der Waals surface area contributed by atoms with Crippen LogP contribution in [-0.2, 0) is 20.9 Å². The fourth-order valence-corrected chi connectivity index (χ4v) is 3.83. The van der Waals surface area contributed by atoms with Gasteiger partial charge in [-0.25, -0.2) is 4.79 Å². The van der Waals surface area contributed by atoms with E-state index in [2.05, 4.69) is 0 Å². The molecule has 2 atom stereocenters. The first-order valence-corrected chi connectivity index (χ1v) is 8.89. The third-order valence-electron chi connectivity index (χ3n) is 4.21. The highest BCUT2D eigenvalue weighted by Gasteiger charge is 2.46. The van der Waals surface area contributed by atoms with Gasteiger partial charge in [0, 0.05) is 17.8 Å². The average molecular weight is 383 g/mol. The molecule has 1 fully saturated rings. The van der Waals surface area contributed by atoms with E-state index in [1.807, 2.05) is 30.3 Å². The number of thiophene rings is 1. The summed E-state index contributed by atoms with van der Waals surface area (Å²) in [5.74, 6) is -2.40. The number of hydrogen-bond donors (Lipinski definition) is 0. The van der Waals surface area contributed by atoms with E-state index < -0.39 is 24.3 Å². The van der Waals surface area contributed by atoms with Crippen molar-refractivity contribution < 1.29 is 27.5 Å². The van der Waals surface area contributed by atoms with Crippen LogP contribution in [0.1, 0.15) is 29.4 Å². The zero-order chi connectivity index (χ0) is 18.7. The number of halogens is 3. The number of esters is 1. The van der Waals surface area contributed by atoms with Crippen LogP contribution in [0, 0.1) is 0 Å². The first kappa shape index (κ1) is 18.4. The Bertz CT molecular complexity index is 762. The summed E-state index contributed by atoms with van der Waals surface area (Å²) in [7, 11) is 0. The third-order valence-corrected chi connectivity index (χ3v) is 5.14. The summed E-state index contributed by atoms with van der Waals surface area (Å²) in [4.78, 5) is 25.7. The van der Waals surface area contributed by atoms with Crippen molar-refractivity contribution in [1.29, 1.82) is 0 Å². The van der Waals surface area contributed by atoms with Crippen molar-refractivity contribution in [2.24, 2.45) is 0 Å². The molecule has 0 N–H and O–H groups in total. The van der Waals surface area contributed by atoms with Gasteiger partial charge in [0.1, 0.15) is 0 Å². The number of hydrogen-bond acceptors (Lipinski definition) is 4. The summed E-state index contributed by atoms with van der Waals surface area (Å²) in [5.41, 5.74) is 0.861. The lowest BCUT2D eigenvalue weighted by atomic mass is 10.1. The zero-order valence-corrected chi connectivity index (χ0v) is 14.4. The molecule has 4 nitrogen and oxygen atoms in total. The van der Waals surface area contributed by atoms with Crippen molar-refractivity contribution in [3.8, 4) is 0 Å². The van der Waals surface area contributed by atoms with Crippen molar-refractivity contribution in [2.45, 2.75) is 37.7 Å². The second-order valence-electron chi connectivity index (χ2n) is 5.95. The molecule has 1 aromatic carbocycles. The van der Waals surface area contributed by atoms with Crippen molar-refractivity contribution in [2.75, 3.05) is 0 Å². The standard InChI is InChI=1S/C18H16F3NO3S/c19-18(20,21)17(24)25-16(14-7-4-10-26-14)13-8-9-15(23)22(13)11-12-5-2-1-3-6-12/h1-7,10,13,16H,8-9,11H2. The van der Waals surface area contributed by atoms with Crippen molar-refractivity contribution >= 4 is 23.2 Å². The van der Waals surface area contributed by atoms with E-state index in [0.717, 1.165) is 5.56 Å². The number of nitrogens with zero attached hydrogens (tertiary/aromatic N) is 1. The molecular weight excluding hydrogens is 367 g/mol. The van der Waals surface area contributed by atoms with Gasteiger partial charge in [-0.1, -0.05) is 36.4 Å². The van der Waals surface area contributed by atoms with Crippen molar-refractivity contribution in [3.63, 3.8) is 0 Å². The number of carbonyl (C=O) groups excluding carboxylic acids is 2. The Hall–Kier alpha value is -2.35. The zero-order valence-electron chi connectivity index (χ0n) is 13.6. The Morgan fingerprint density at radius 1 is 1.23 bits per heavy atom. The summed E-state index contributed by atoms with van der Waals surface area (Å²) in [6.45, 7) is 0.260. The first-order valence-electron chi connectivity index (χ1n) is 8.01. The Balaban J connectivity index is 1.86. The van der Waals surface area contributed by atoms with Gasteiger partial charge in [0.15, 0.2) is 6.10 Å². The van der Waals surface area contributed by atoms with Crippen molar-refractivity contribution in [3.05, 3.63) is 58.3 Å². The maximum absolute atomic E-state index is 12.7. The molecule has 0 radical (unpaired) electrons. The topological polar surface area (TPSA) is 46.6 Å². The van der Waals surface area contributed by atoms with Gasteiger partial charge >= 0.3 is 12.1 Å². The van der Waals surface area contributed by atoms with E-state index >= 15 is 0 Å². The van der Waals surface area contributed by atoms with Gasteiger partial charge in [0.25, 0.3) is 0 Å². The van der Waals surface area contributed by atoms with Crippen LogP contribution >= 0.6 is 11.3 Å². The van der Waals surface area contributed by atoms with Gasteiger partial charge in [-0.2, -0.15) is 13.2 Å². The molecule has 0 aliphatic carbocycles. The van der Waals surface area contributed by atoms with Crippen LogP contribution in [0.4, 0.5) is 13.2 Å². The van der Waals surface area contributed by atoms with Gasteiger partial charge in [-0.15, -0.1) is 11.3 Å². The van der Waals surface area contributed by atoms with E-state index in [9.17, 15) is 22.8 Å². The minimum absolute atomic E-state index is 0.163. The predicted octanol–water partition coefficient (Wildman–Crippen LogP) is 4.09. The van der Waals surface area contributed by atoms with Crippen LogP contribution in [-0.4, -0.2) is 29.0 Å². The highest BCUT2D eigenvalue weighted by molar-refractivity contribution is 7.10. The molecule has 1 aliphatic heterocycles. The van der Waals surface area contributed by atoms with E-state index in [4.69, 9.17) is 4.74 Å². The smallest absolute Gasteiger partial charge is 0.448 e. The third kappa shape index (κ3) is 4.07. The second-order valence-corrected chi connectivity index (χ2v) is 6.93. The lowest BCUT2D eigenvalue weighted by Gasteiger charge is -2.31. The normalized spacial score (nSPS) is 18.8. The molecule has 0 spiro atoms. The van der Waals surface area contributed by atoms with Crippen LogP contribution in [0.2, 0.25) is 0 Å². The number of rotatable bonds is 5. The van der Waals surface area contributed by atoms with Crippen LogP contribution in [0.15, 0.2) is 47.8 Å². The summed E-state index contributed by atoms with van der Waals surface area (Å²) in [5, 5.41) is 1.70. The number of ether oxygens (including phenoxy) is 1. The van der Waals surface area contributed by atoms with Crippen LogP contribution in [0.3, 0.4) is 0 Å². The molecule has 2 heterocycles. The minimum atomic E-state index is -5.08. The number of alkyl halides is 3. The molecule has 0 saturated carbocycles. The quantitative estimate of drug-likeness (QED) is 0.731. The maximum atomic E-state index is 12.7. The fourth-order valence-electron chi connectivity index (χ4n) is 3.02. The molecule has 1 saturated heterocycles. The van der Waals surface area contributed by atoms with Gasteiger partial charge < -0.3 is 9.64 Å². The Kier molecular flexibility index (Phi) is 5.31. The molecule has 1 amide bonds. The molecule has 1 aliphatic rings. The predicted molar refractivity (Wildman–Crippen MR) is 89.2 cm³/mol. The van der Waals surface area contributed by atoms with Crippen LogP contribution in [0.5, 0.6) is 0 Å². The summed E-state index contributed by atoms with van der Waals surface area (Å²) < 4.78 is 42.9. The lowest BCUT2D eigenvalue weighted by molar-refractivity contribution is -0.207. The van der Waals surface area contributed by atoms with Gasteiger partial charge in [0.2, 0.25) is 5.91 Å². The minimum Gasteiger partial charge on any atom is -0.448 e. The van der Waals surface area contributed by atoms with Gasteiger partial charge in [-0.3, -0.25) is 4.79 Å². The average Bonchev–Trinajstić information content (AvgIpc) is 3.24. The molecule has 2 unspecified atom stereocenters. The van der Waals surface area contributed by atoms with E-state index in [1.165, 1.54) is 16.2 Å². The number of amides is 1. The number of carbonyl (C=O) groups is 2. The second kappa shape index (κ2) is 7.49. The molecule has 0 bridgehead atoms. The van der Waals surface area contributed by atoms with E-state index in [0.29, 0.717) is 11.3 Å². The highest BCUT2D eigenvalue weighted by atomic mass is 32.1. The van der Waals surface area contributed by atoms with E-state index in [1.54, 1.807) is 17.5 Å². The first-order chi connectivity index (χ1) is 12.4. The maximum Gasteiger partial charge on any atom is 0.490 e. The van der Waals surface area contributed by atoms with E-state index in [-0.39, 0.29) is 18.9 Å². The molecule has 2 aromatic rings. The molecule has 138 valence electrons. The monoisotopic (exact) mass is 383 g/mol. The molecule has 1 aromatic heterocycles. The van der Waals surface area contributed by atoms with Crippen LogP contribution in [0.25, 0.3) is 0 Å². The van der Waals surface area contributed by atoms with Crippen molar-refractivity contribution in [1.82, 2.24) is 4.90 Å². The van der Waals surface area contributed by atoms with Gasteiger partial charge in [0.05, 0.1) is 6.04 Å². The fraction of sp³-hybridized carbons (Fsp3) is 0.333. The Morgan fingerprint density at radius 3 is 2.58 bits per heavy atom. The van der Waals surface area contributed by atoms with Crippen LogP contribution < -0.4 is 0 Å². The van der Waals surface area contributed by atoms with Gasteiger partial charge in [-0.05, 0) is 23.4 Å². The number of likely N-dealkylation sites (tertiary alicyclic amines) is 1. The molecule has 3 rings (SSSR count). The lowest BCUT2D eigenvalue weighted by Crippen LogP contribution is -2.40.